The van der Waals surface area contributed by atoms with Crippen LogP contribution >= 0.6 is 0 Å². The highest BCUT2D eigenvalue weighted by Crippen LogP contribution is 2.44. The van der Waals surface area contributed by atoms with Crippen molar-refractivity contribution in [2.75, 3.05) is 52.5 Å². The number of carboxylic acid groups (broad SMARTS) is 2. The van der Waals surface area contributed by atoms with E-state index in [0.717, 1.165) is 26.3 Å². The summed E-state index contributed by atoms with van der Waals surface area (Å²) in [4.78, 5) is 22.0. The first-order valence-electron chi connectivity index (χ1n) is 10.6. The maximum Gasteiger partial charge on any atom is 0.290 e. The smallest absolute Gasteiger partial charge is 0.290 e. The van der Waals surface area contributed by atoms with Crippen molar-refractivity contribution >= 4 is 12.9 Å². The number of fused-ring (bicyclic) bond motifs is 2. The van der Waals surface area contributed by atoms with E-state index in [1.807, 2.05) is 6.20 Å². The van der Waals surface area contributed by atoms with E-state index in [0.29, 0.717) is 10.8 Å². The zero-order valence-electron chi connectivity index (χ0n) is 18.2. The van der Waals surface area contributed by atoms with Crippen LogP contribution in [0.2, 0.25) is 0 Å². The second kappa shape index (κ2) is 11.4. The molecular weight excluding hydrogens is 388 g/mol. The fraction of sp³-hybridized carbons (Fsp3) is 0.762. The van der Waals surface area contributed by atoms with Crippen LogP contribution in [0, 0.1) is 5.41 Å². The first-order valence-corrected chi connectivity index (χ1v) is 10.6. The van der Waals surface area contributed by atoms with Crippen molar-refractivity contribution in [2.24, 2.45) is 5.41 Å². The summed E-state index contributed by atoms with van der Waals surface area (Å²) in [5.41, 5.74) is 3.58. The molecule has 0 saturated carbocycles. The first kappa shape index (κ1) is 24.3. The third-order valence-corrected chi connectivity index (χ3v) is 6.18. The van der Waals surface area contributed by atoms with Crippen molar-refractivity contribution in [1.82, 2.24) is 20.0 Å². The zero-order chi connectivity index (χ0) is 22.0. The van der Waals surface area contributed by atoms with Gasteiger partial charge in [-0.3, -0.25) is 19.6 Å². The van der Waals surface area contributed by atoms with Gasteiger partial charge in [0.05, 0.1) is 19.4 Å². The minimum atomic E-state index is -0.250. The van der Waals surface area contributed by atoms with Crippen molar-refractivity contribution in [3.05, 3.63) is 17.5 Å². The zero-order valence-corrected chi connectivity index (χ0v) is 18.2. The lowest BCUT2D eigenvalue weighted by molar-refractivity contribution is -0.123. The largest absolute Gasteiger partial charge is 0.483 e. The Hall–Kier alpha value is -1.97. The van der Waals surface area contributed by atoms with Gasteiger partial charge in [-0.25, -0.2) is 0 Å². The quantitative estimate of drug-likeness (QED) is 0.622. The SMILES string of the molecule is CC(C)(CN1CCOCC1)CN1CCCC2(CCc3cn[nH]c32)C1.O=CO.O=CO. The second-order valence-electron chi connectivity index (χ2n) is 9.13. The van der Waals surface area contributed by atoms with Crippen LogP contribution in [0.4, 0.5) is 0 Å². The van der Waals surface area contributed by atoms with E-state index >= 15 is 0 Å². The molecule has 2 saturated heterocycles. The predicted molar refractivity (Wildman–Crippen MR) is 113 cm³/mol. The molecule has 4 rings (SSSR count). The number of nitrogens with zero attached hydrogens (tertiary/aromatic N) is 3. The monoisotopic (exact) mass is 424 g/mol. The molecule has 170 valence electrons. The highest BCUT2D eigenvalue weighted by Gasteiger charge is 2.44. The number of hydrogen-bond acceptors (Lipinski definition) is 6. The molecule has 0 amide bonds. The van der Waals surface area contributed by atoms with E-state index in [4.69, 9.17) is 24.5 Å². The Morgan fingerprint density at radius 1 is 1.13 bits per heavy atom. The number of likely N-dealkylation sites (tertiary alicyclic amines) is 1. The van der Waals surface area contributed by atoms with E-state index in [1.54, 1.807) is 0 Å². The van der Waals surface area contributed by atoms with Crippen molar-refractivity contribution in [2.45, 2.75) is 44.9 Å². The molecule has 1 atom stereocenters. The molecule has 0 aromatic carbocycles. The van der Waals surface area contributed by atoms with Crippen LogP contribution in [0.15, 0.2) is 6.20 Å². The molecule has 1 spiro atoms. The molecule has 9 nitrogen and oxygen atoms in total. The molecule has 1 unspecified atom stereocenters. The fourth-order valence-corrected chi connectivity index (χ4v) is 5.25. The van der Waals surface area contributed by atoms with E-state index in [1.165, 1.54) is 63.1 Å². The van der Waals surface area contributed by atoms with Crippen LogP contribution < -0.4 is 0 Å². The highest BCUT2D eigenvalue weighted by atomic mass is 16.5. The Labute approximate surface area is 178 Å². The summed E-state index contributed by atoms with van der Waals surface area (Å²) in [5, 5.41) is 21.4. The molecule has 1 aliphatic carbocycles. The van der Waals surface area contributed by atoms with Gasteiger partial charge in [0.15, 0.2) is 0 Å². The molecular formula is C21H36N4O5. The predicted octanol–water partition coefficient (Wildman–Crippen LogP) is 1.45. The number of ether oxygens (including phenoxy) is 1. The molecule has 9 heteroatoms. The lowest BCUT2D eigenvalue weighted by Gasteiger charge is -2.44. The van der Waals surface area contributed by atoms with Crippen LogP contribution in [0.5, 0.6) is 0 Å². The number of carbonyl (C=O) groups is 2. The number of hydrogen-bond donors (Lipinski definition) is 3. The van der Waals surface area contributed by atoms with Gasteiger partial charge in [0.25, 0.3) is 12.9 Å². The number of H-pyrrole nitrogens is 1. The van der Waals surface area contributed by atoms with Gasteiger partial charge in [-0.05, 0) is 43.2 Å². The summed E-state index contributed by atoms with van der Waals surface area (Å²) in [5.74, 6) is 0. The molecule has 3 N–H and O–H groups in total. The van der Waals surface area contributed by atoms with E-state index in [2.05, 4.69) is 33.8 Å². The minimum Gasteiger partial charge on any atom is -0.483 e. The van der Waals surface area contributed by atoms with Gasteiger partial charge in [-0.15, -0.1) is 0 Å². The van der Waals surface area contributed by atoms with Gasteiger partial charge in [0.1, 0.15) is 0 Å². The molecule has 0 radical (unpaired) electrons. The summed E-state index contributed by atoms with van der Waals surface area (Å²) in [6, 6.07) is 0. The number of aryl methyl sites for hydroxylation is 1. The van der Waals surface area contributed by atoms with Gasteiger partial charge in [-0.1, -0.05) is 13.8 Å². The number of rotatable bonds is 4. The molecule has 0 bridgehead atoms. The summed E-state index contributed by atoms with van der Waals surface area (Å²) in [7, 11) is 0. The Morgan fingerprint density at radius 2 is 1.77 bits per heavy atom. The third kappa shape index (κ3) is 6.52. The lowest BCUT2D eigenvalue weighted by atomic mass is 9.77. The van der Waals surface area contributed by atoms with Crippen molar-refractivity contribution in [3.8, 4) is 0 Å². The van der Waals surface area contributed by atoms with E-state index < -0.39 is 0 Å². The Bertz CT molecular complexity index is 654. The number of aromatic amines is 1. The number of aromatic nitrogens is 2. The first-order chi connectivity index (χ1) is 14.4. The Morgan fingerprint density at radius 3 is 2.43 bits per heavy atom. The minimum absolute atomic E-state index is 0.250. The Balaban J connectivity index is 0.000000480. The van der Waals surface area contributed by atoms with Crippen LogP contribution in [-0.2, 0) is 26.2 Å². The topological polar surface area (TPSA) is 119 Å². The molecule has 2 fully saturated rings. The Kier molecular flexibility index (Phi) is 9.26. The number of nitrogens with one attached hydrogen (secondary N) is 1. The van der Waals surface area contributed by atoms with Crippen LogP contribution in [0.25, 0.3) is 0 Å². The number of piperidine rings is 1. The molecule has 30 heavy (non-hydrogen) atoms. The average molecular weight is 425 g/mol. The van der Waals surface area contributed by atoms with Crippen LogP contribution in [0.1, 0.15) is 44.4 Å². The summed E-state index contributed by atoms with van der Waals surface area (Å²) in [6.45, 7) is 13.1. The van der Waals surface area contributed by atoms with E-state index in [-0.39, 0.29) is 12.9 Å². The molecule has 2 aliphatic heterocycles. The molecule has 3 aliphatic rings. The maximum atomic E-state index is 8.36. The van der Waals surface area contributed by atoms with Crippen LogP contribution in [-0.4, -0.2) is 95.6 Å². The summed E-state index contributed by atoms with van der Waals surface area (Å²) in [6.07, 6.45) is 7.19. The van der Waals surface area contributed by atoms with Gasteiger partial charge < -0.3 is 19.8 Å². The third-order valence-electron chi connectivity index (χ3n) is 6.18. The van der Waals surface area contributed by atoms with Gasteiger partial charge in [-0.2, -0.15) is 5.10 Å². The maximum absolute atomic E-state index is 8.36. The molecule has 3 heterocycles. The summed E-state index contributed by atoms with van der Waals surface area (Å²) < 4.78 is 5.49. The van der Waals surface area contributed by atoms with Crippen molar-refractivity contribution in [1.29, 1.82) is 0 Å². The van der Waals surface area contributed by atoms with Crippen molar-refractivity contribution in [3.63, 3.8) is 0 Å². The fourth-order valence-electron chi connectivity index (χ4n) is 5.25. The second-order valence-corrected chi connectivity index (χ2v) is 9.13. The summed E-state index contributed by atoms with van der Waals surface area (Å²) >= 11 is 0. The van der Waals surface area contributed by atoms with Crippen LogP contribution in [0.3, 0.4) is 0 Å². The van der Waals surface area contributed by atoms with Crippen molar-refractivity contribution < 1.29 is 24.5 Å². The van der Waals surface area contributed by atoms with Gasteiger partial charge in [0, 0.05) is 43.8 Å². The lowest BCUT2D eigenvalue weighted by Crippen LogP contribution is -2.51. The normalized spacial score (nSPS) is 24.2. The average Bonchev–Trinajstić information content (AvgIpc) is 3.28. The molecule has 1 aromatic heterocycles. The van der Waals surface area contributed by atoms with Gasteiger partial charge in [0.2, 0.25) is 0 Å². The molecule has 1 aromatic rings. The standard InChI is InChI=1S/C19H32N4O.2CH2O2/c1-18(2,13-22-8-10-24-11-9-22)14-23-7-3-5-19(15-23)6-4-16-12-20-21-17(16)19;2*2-1-3/h12H,3-11,13-15H2,1-2H3,(H,20,21);2*1H,(H,2,3). The highest BCUT2D eigenvalue weighted by molar-refractivity contribution is 5.33. The van der Waals surface area contributed by atoms with E-state index in [9.17, 15) is 0 Å². The van der Waals surface area contributed by atoms with Gasteiger partial charge >= 0.3 is 0 Å². The number of morpholine rings is 1.